The summed E-state index contributed by atoms with van der Waals surface area (Å²) in [5, 5.41) is 2.85. The summed E-state index contributed by atoms with van der Waals surface area (Å²) in [6, 6.07) is 3.65. The lowest BCUT2D eigenvalue weighted by atomic mass is 10.3. The number of pyridine rings is 1. The minimum Gasteiger partial charge on any atom is -0.373 e. The van der Waals surface area contributed by atoms with Crippen molar-refractivity contribution >= 4 is 15.8 Å². The molecule has 1 rings (SSSR count). The van der Waals surface area contributed by atoms with Gasteiger partial charge in [0, 0.05) is 25.8 Å². The maximum atomic E-state index is 12.0. The van der Waals surface area contributed by atoms with Crippen LogP contribution < -0.4 is 10.0 Å². The maximum Gasteiger partial charge on any atom is 0.242 e. The quantitative estimate of drug-likeness (QED) is 0.704. The number of aromatic nitrogens is 1. The summed E-state index contributed by atoms with van der Waals surface area (Å²) in [6.07, 6.45) is 2.13. The largest absolute Gasteiger partial charge is 0.373 e. The number of hydrogen-bond acceptors (Lipinski definition) is 5. The van der Waals surface area contributed by atoms with Crippen LogP contribution in [0.25, 0.3) is 0 Å². The van der Waals surface area contributed by atoms with Gasteiger partial charge in [0.2, 0.25) is 10.0 Å². The Morgan fingerprint density at radius 3 is 2.55 bits per heavy atom. The molecule has 0 aliphatic heterocycles. The molecule has 1 heterocycles. The molecule has 1 aromatic heterocycles. The molecular weight excluding hydrogens is 276 g/mol. The molecule has 1 aromatic rings. The molecule has 114 valence electrons. The van der Waals surface area contributed by atoms with E-state index in [1.807, 2.05) is 7.05 Å². The molecule has 2 N–H and O–H groups in total. The number of sulfonamides is 1. The predicted octanol–water partition coefficient (Wildman–Crippen LogP) is 1.13. The van der Waals surface area contributed by atoms with E-state index in [-0.39, 0.29) is 4.90 Å². The fraction of sp³-hybridized carbons (Fsp3) is 0.615. The van der Waals surface area contributed by atoms with Crippen molar-refractivity contribution < 1.29 is 8.42 Å². The van der Waals surface area contributed by atoms with Gasteiger partial charge in [0.15, 0.2) is 0 Å². The lowest BCUT2D eigenvalue weighted by Gasteiger charge is -2.20. The summed E-state index contributed by atoms with van der Waals surface area (Å²) in [5.41, 5.74) is 0. The standard InChI is InChI=1S/C13H24N4O2S/c1-11(2)17(4)9-5-8-16-20(18,19)12-6-7-13(14-3)15-10-12/h6-7,10-11,16H,5,8-9H2,1-4H3,(H,14,15). The first kappa shape index (κ1) is 16.9. The van der Waals surface area contributed by atoms with Crippen LogP contribution in [0.1, 0.15) is 20.3 Å². The van der Waals surface area contributed by atoms with Crippen molar-refractivity contribution in [3.63, 3.8) is 0 Å². The predicted molar refractivity (Wildman–Crippen MR) is 81.4 cm³/mol. The van der Waals surface area contributed by atoms with Gasteiger partial charge in [0.05, 0.1) is 0 Å². The van der Waals surface area contributed by atoms with Crippen LogP contribution in [-0.2, 0) is 10.0 Å². The van der Waals surface area contributed by atoms with E-state index in [4.69, 9.17) is 0 Å². The van der Waals surface area contributed by atoms with Gasteiger partial charge in [-0.3, -0.25) is 0 Å². The van der Waals surface area contributed by atoms with Crippen LogP contribution in [-0.4, -0.2) is 51.5 Å². The summed E-state index contributed by atoms with van der Waals surface area (Å²) in [7, 11) is 0.301. The highest BCUT2D eigenvalue weighted by atomic mass is 32.2. The van der Waals surface area contributed by atoms with Crippen LogP contribution in [0.3, 0.4) is 0 Å². The van der Waals surface area contributed by atoms with Gasteiger partial charge in [-0.25, -0.2) is 18.1 Å². The first-order valence-electron chi connectivity index (χ1n) is 6.70. The molecule has 0 saturated heterocycles. The zero-order valence-corrected chi connectivity index (χ0v) is 13.4. The van der Waals surface area contributed by atoms with Crippen molar-refractivity contribution in [2.75, 3.05) is 32.5 Å². The van der Waals surface area contributed by atoms with Crippen molar-refractivity contribution in [2.45, 2.75) is 31.2 Å². The van der Waals surface area contributed by atoms with Crippen LogP contribution in [0.5, 0.6) is 0 Å². The Kier molecular flexibility index (Phi) is 6.38. The number of hydrogen-bond donors (Lipinski definition) is 2. The Morgan fingerprint density at radius 1 is 1.35 bits per heavy atom. The van der Waals surface area contributed by atoms with Gasteiger partial charge in [0.1, 0.15) is 10.7 Å². The highest BCUT2D eigenvalue weighted by molar-refractivity contribution is 7.89. The lowest BCUT2D eigenvalue weighted by molar-refractivity contribution is 0.271. The van der Waals surface area contributed by atoms with Crippen molar-refractivity contribution in [1.82, 2.24) is 14.6 Å². The van der Waals surface area contributed by atoms with Crippen LogP contribution in [0, 0.1) is 0 Å². The van der Waals surface area contributed by atoms with E-state index in [0.29, 0.717) is 18.4 Å². The van der Waals surface area contributed by atoms with E-state index in [2.05, 4.69) is 33.8 Å². The Bertz CT molecular complexity index is 500. The minimum absolute atomic E-state index is 0.189. The molecule has 0 saturated carbocycles. The summed E-state index contributed by atoms with van der Waals surface area (Å²) < 4.78 is 26.6. The second kappa shape index (κ2) is 7.56. The fourth-order valence-electron chi connectivity index (χ4n) is 1.56. The molecule has 0 amide bonds. The van der Waals surface area contributed by atoms with E-state index < -0.39 is 10.0 Å². The Morgan fingerprint density at radius 2 is 2.05 bits per heavy atom. The molecule has 0 aliphatic carbocycles. The van der Waals surface area contributed by atoms with Crippen LogP contribution in [0.4, 0.5) is 5.82 Å². The molecule has 0 aromatic carbocycles. The average Bonchev–Trinajstić information content (AvgIpc) is 2.43. The molecule has 0 spiro atoms. The van der Waals surface area contributed by atoms with Crippen molar-refractivity contribution in [3.05, 3.63) is 18.3 Å². The Hall–Kier alpha value is -1.18. The second-order valence-corrected chi connectivity index (χ2v) is 6.72. The Labute approximate surface area is 121 Å². The molecule has 20 heavy (non-hydrogen) atoms. The normalized spacial score (nSPS) is 12.1. The lowest BCUT2D eigenvalue weighted by Crippen LogP contribution is -2.31. The zero-order valence-electron chi connectivity index (χ0n) is 12.5. The molecule has 0 radical (unpaired) electrons. The molecule has 7 heteroatoms. The smallest absolute Gasteiger partial charge is 0.242 e. The SMILES string of the molecule is CNc1ccc(S(=O)(=O)NCCCN(C)C(C)C)cn1. The minimum atomic E-state index is -3.46. The van der Waals surface area contributed by atoms with Gasteiger partial charge >= 0.3 is 0 Å². The van der Waals surface area contributed by atoms with Gasteiger partial charge in [-0.1, -0.05) is 0 Å². The number of nitrogens with zero attached hydrogens (tertiary/aromatic N) is 2. The second-order valence-electron chi connectivity index (χ2n) is 4.95. The first-order valence-corrected chi connectivity index (χ1v) is 8.19. The zero-order chi connectivity index (χ0) is 15.2. The third kappa shape index (κ3) is 5.07. The average molecular weight is 300 g/mol. The summed E-state index contributed by atoms with van der Waals surface area (Å²) in [6.45, 7) is 5.50. The highest BCUT2D eigenvalue weighted by Gasteiger charge is 2.13. The third-order valence-electron chi connectivity index (χ3n) is 3.16. The summed E-state index contributed by atoms with van der Waals surface area (Å²) in [5.74, 6) is 0.641. The van der Waals surface area contributed by atoms with Gasteiger partial charge in [-0.2, -0.15) is 0 Å². The van der Waals surface area contributed by atoms with Gasteiger partial charge < -0.3 is 10.2 Å². The van der Waals surface area contributed by atoms with E-state index in [1.165, 1.54) is 6.20 Å². The number of anilines is 1. The van der Waals surface area contributed by atoms with Crippen LogP contribution in [0.15, 0.2) is 23.2 Å². The van der Waals surface area contributed by atoms with E-state index >= 15 is 0 Å². The van der Waals surface area contributed by atoms with Gasteiger partial charge in [-0.15, -0.1) is 0 Å². The molecule has 6 nitrogen and oxygen atoms in total. The molecule has 0 fully saturated rings. The third-order valence-corrected chi connectivity index (χ3v) is 4.61. The fourth-order valence-corrected chi connectivity index (χ4v) is 2.58. The molecule has 0 atom stereocenters. The molecular formula is C13H24N4O2S. The van der Waals surface area contributed by atoms with E-state index in [0.717, 1.165) is 13.0 Å². The van der Waals surface area contributed by atoms with Gasteiger partial charge in [-0.05, 0) is 46.0 Å². The van der Waals surface area contributed by atoms with Gasteiger partial charge in [0.25, 0.3) is 0 Å². The van der Waals surface area contributed by atoms with Crippen molar-refractivity contribution in [3.8, 4) is 0 Å². The van der Waals surface area contributed by atoms with Crippen LogP contribution in [0.2, 0.25) is 0 Å². The highest BCUT2D eigenvalue weighted by Crippen LogP contribution is 2.09. The summed E-state index contributed by atoms with van der Waals surface area (Å²) in [4.78, 5) is 6.37. The maximum absolute atomic E-state index is 12.0. The van der Waals surface area contributed by atoms with Crippen molar-refractivity contribution in [1.29, 1.82) is 0 Å². The summed E-state index contributed by atoms with van der Waals surface area (Å²) >= 11 is 0. The van der Waals surface area contributed by atoms with Crippen LogP contribution >= 0.6 is 0 Å². The monoisotopic (exact) mass is 300 g/mol. The first-order chi connectivity index (χ1) is 9.36. The molecule has 0 aliphatic rings. The number of nitrogens with one attached hydrogen (secondary N) is 2. The molecule has 0 bridgehead atoms. The van der Waals surface area contributed by atoms with E-state index in [9.17, 15) is 8.42 Å². The Balaban J connectivity index is 2.49. The number of rotatable bonds is 8. The van der Waals surface area contributed by atoms with E-state index in [1.54, 1.807) is 19.2 Å². The molecule has 0 unspecified atom stereocenters. The topological polar surface area (TPSA) is 74.3 Å². The van der Waals surface area contributed by atoms with Crippen molar-refractivity contribution in [2.24, 2.45) is 0 Å².